The van der Waals surface area contributed by atoms with Crippen LogP contribution in [0, 0.1) is 0 Å². The Labute approximate surface area is 104 Å². The molecule has 1 heterocycles. The quantitative estimate of drug-likeness (QED) is 0.732. The molecule has 0 atom stereocenters. The van der Waals surface area contributed by atoms with E-state index in [4.69, 9.17) is 4.74 Å². The number of methoxy groups -OCH3 is 1. The first-order chi connectivity index (χ1) is 8.20. The molecule has 1 saturated heterocycles. The van der Waals surface area contributed by atoms with E-state index in [1.54, 1.807) is 0 Å². The fourth-order valence-corrected chi connectivity index (χ4v) is 2.70. The zero-order valence-electron chi connectivity index (χ0n) is 11.0. The average Bonchev–Trinajstić information content (AvgIpc) is 3.15. The second kappa shape index (κ2) is 5.36. The van der Waals surface area contributed by atoms with Gasteiger partial charge in [0, 0.05) is 19.1 Å². The Morgan fingerprint density at radius 3 is 2.53 bits per heavy atom. The first-order valence-corrected chi connectivity index (χ1v) is 6.78. The van der Waals surface area contributed by atoms with Crippen LogP contribution in [0.15, 0.2) is 0 Å². The van der Waals surface area contributed by atoms with Crippen LogP contribution >= 0.6 is 0 Å². The number of carbonyl (C=O) groups is 1. The van der Waals surface area contributed by atoms with E-state index in [9.17, 15) is 4.79 Å². The summed E-state index contributed by atoms with van der Waals surface area (Å²) < 4.78 is 5.00. The van der Waals surface area contributed by atoms with Crippen LogP contribution in [-0.2, 0) is 9.53 Å². The minimum atomic E-state index is -0.403. The number of nitrogens with zero attached hydrogens (tertiary/aromatic N) is 1. The summed E-state index contributed by atoms with van der Waals surface area (Å²) in [6, 6.07) is 0.548. The highest BCUT2D eigenvalue weighted by molar-refractivity contribution is 5.81. The first kappa shape index (κ1) is 12.8. The number of nitrogens with one attached hydrogen (secondary N) is 1. The molecule has 4 nitrogen and oxygen atoms in total. The van der Waals surface area contributed by atoms with Crippen molar-refractivity contribution < 1.29 is 9.53 Å². The van der Waals surface area contributed by atoms with Crippen molar-refractivity contribution in [1.29, 1.82) is 0 Å². The van der Waals surface area contributed by atoms with E-state index >= 15 is 0 Å². The fourth-order valence-electron chi connectivity index (χ4n) is 2.70. The number of esters is 1. The van der Waals surface area contributed by atoms with Crippen LogP contribution in [0.1, 0.15) is 39.0 Å². The Balaban J connectivity index is 1.95. The molecule has 17 heavy (non-hydrogen) atoms. The van der Waals surface area contributed by atoms with Crippen LogP contribution in [0.4, 0.5) is 0 Å². The van der Waals surface area contributed by atoms with E-state index in [1.807, 2.05) is 0 Å². The van der Waals surface area contributed by atoms with Crippen molar-refractivity contribution in [3.8, 4) is 0 Å². The van der Waals surface area contributed by atoms with Gasteiger partial charge in [-0.2, -0.15) is 0 Å². The van der Waals surface area contributed by atoms with Gasteiger partial charge in [0.2, 0.25) is 0 Å². The maximum atomic E-state index is 12.0. The van der Waals surface area contributed by atoms with Gasteiger partial charge in [-0.15, -0.1) is 0 Å². The Hall–Kier alpha value is -0.610. The molecule has 1 aliphatic heterocycles. The van der Waals surface area contributed by atoms with Gasteiger partial charge < -0.3 is 9.64 Å². The minimum absolute atomic E-state index is 0.0689. The molecule has 2 rings (SSSR count). The molecule has 4 heteroatoms. The average molecular weight is 240 g/mol. The molecule has 0 aromatic rings. The summed E-state index contributed by atoms with van der Waals surface area (Å²) in [5.74, 6) is -0.0689. The normalized spacial score (nSPS) is 24.6. The predicted molar refractivity (Wildman–Crippen MR) is 66.9 cm³/mol. The molecule has 0 unspecified atom stereocenters. The van der Waals surface area contributed by atoms with E-state index in [2.05, 4.69) is 17.1 Å². The molecule has 0 spiro atoms. The summed E-state index contributed by atoms with van der Waals surface area (Å²) in [7, 11) is 1.50. The van der Waals surface area contributed by atoms with Crippen LogP contribution in [0.5, 0.6) is 0 Å². The van der Waals surface area contributed by atoms with Gasteiger partial charge in [-0.05, 0) is 38.6 Å². The van der Waals surface area contributed by atoms with Crippen molar-refractivity contribution in [2.24, 2.45) is 0 Å². The summed E-state index contributed by atoms with van der Waals surface area (Å²) in [4.78, 5) is 14.5. The Kier molecular flexibility index (Phi) is 4.05. The van der Waals surface area contributed by atoms with E-state index in [0.717, 1.165) is 32.5 Å². The van der Waals surface area contributed by atoms with Gasteiger partial charge in [-0.3, -0.25) is 10.1 Å². The molecule has 1 aliphatic carbocycles. The van der Waals surface area contributed by atoms with Crippen molar-refractivity contribution in [1.82, 2.24) is 10.2 Å². The van der Waals surface area contributed by atoms with Gasteiger partial charge >= 0.3 is 5.97 Å². The van der Waals surface area contributed by atoms with Gasteiger partial charge in [0.15, 0.2) is 0 Å². The van der Waals surface area contributed by atoms with Crippen LogP contribution in [0.25, 0.3) is 0 Å². The maximum Gasteiger partial charge on any atom is 0.326 e. The van der Waals surface area contributed by atoms with Gasteiger partial charge in [0.1, 0.15) is 5.54 Å². The van der Waals surface area contributed by atoms with Gasteiger partial charge in [0.05, 0.1) is 7.11 Å². The monoisotopic (exact) mass is 240 g/mol. The maximum absolute atomic E-state index is 12.0. The zero-order chi connectivity index (χ0) is 12.3. The second-order valence-electron chi connectivity index (χ2n) is 5.33. The lowest BCUT2D eigenvalue weighted by Crippen LogP contribution is -2.59. The Morgan fingerprint density at radius 1 is 1.41 bits per heavy atom. The molecule has 0 radical (unpaired) electrons. The topological polar surface area (TPSA) is 41.6 Å². The van der Waals surface area contributed by atoms with Crippen molar-refractivity contribution in [2.45, 2.75) is 50.6 Å². The van der Waals surface area contributed by atoms with Gasteiger partial charge in [-0.1, -0.05) is 6.92 Å². The molecule has 1 N–H and O–H groups in total. The van der Waals surface area contributed by atoms with Gasteiger partial charge in [-0.25, -0.2) is 0 Å². The summed E-state index contributed by atoms with van der Waals surface area (Å²) in [5, 5.41) is 3.52. The van der Waals surface area contributed by atoms with Crippen molar-refractivity contribution in [3.05, 3.63) is 0 Å². The van der Waals surface area contributed by atoms with Crippen molar-refractivity contribution in [3.63, 3.8) is 0 Å². The number of carbonyl (C=O) groups excluding carboxylic acids is 1. The highest BCUT2D eigenvalue weighted by Gasteiger charge is 2.45. The molecule has 1 saturated carbocycles. The van der Waals surface area contributed by atoms with Crippen LogP contribution in [0.2, 0.25) is 0 Å². The summed E-state index contributed by atoms with van der Waals surface area (Å²) in [6.07, 6.45) is 5.36. The summed E-state index contributed by atoms with van der Waals surface area (Å²) in [5.41, 5.74) is -0.403. The minimum Gasteiger partial charge on any atom is -0.468 e. The number of rotatable bonds is 5. The third-order valence-electron chi connectivity index (χ3n) is 3.88. The predicted octanol–water partition coefficient (Wildman–Crippen LogP) is 1.16. The number of ether oxygens (including phenoxy) is 1. The zero-order valence-corrected chi connectivity index (χ0v) is 11.0. The van der Waals surface area contributed by atoms with E-state index in [1.165, 1.54) is 26.4 Å². The number of hydrogen-bond donors (Lipinski definition) is 1. The third-order valence-corrected chi connectivity index (χ3v) is 3.88. The highest BCUT2D eigenvalue weighted by Crippen LogP contribution is 2.30. The second-order valence-corrected chi connectivity index (χ2v) is 5.33. The molecular weight excluding hydrogens is 216 g/mol. The molecule has 0 bridgehead atoms. The highest BCUT2D eigenvalue weighted by atomic mass is 16.5. The molecular formula is C13H24N2O2. The Bertz CT molecular complexity index is 269. The standard InChI is InChI=1S/C13H24N2O2/c1-3-8-15-9-6-13(7-10-15,12(16)17-2)14-11-4-5-11/h11,14H,3-10H2,1-2H3. The van der Waals surface area contributed by atoms with Crippen LogP contribution < -0.4 is 5.32 Å². The molecule has 0 amide bonds. The SMILES string of the molecule is CCCN1CCC(NC2CC2)(C(=O)OC)CC1. The smallest absolute Gasteiger partial charge is 0.326 e. The summed E-state index contributed by atoms with van der Waals surface area (Å²) >= 11 is 0. The lowest BCUT2D eigenvalue weighted by Gasteiger charge is -2.40. The van der Waals surface area contributed by atoms with Crippen LogP contribution in [-0.4, -0.2) is 49.2 Å². The van der Waals surface area contributed by atoms with Crippen molar-refractivity contribution >= 4 is 5.97 Å². The number of hydrogen-bond acceptors (Lipinski definition) is 4. The molecule has 0 aromatic heterocycles. The molecule has 0 aromatic carbocycles. The lowest BCUT2D eigenvalue weighted by atomic mass is 9.87. The lowest BCUT2D eigenvalue weighted by molar-refractivity contribution is -0.151. The third kappa shape index (κ3) is 2.99. The molecule has 2 fully saturated rings. The Morgan fingerprint density at radius 2 is 2.06 bits per heavy atom. The largest absolute Gasteiger partial charge is 0.468 e. The van der Waals surface area contributed by atoms with Crippen LogP contribution in [0.3, 0.4) is 0 Å². The van der Waals surface area contributed by atoms with Gasteiger partial charge in [0.25, 0.3) is 0 Å². The molecule has 98 valence electrons. The van der Waals surface area contributed by atoms with E-state index in [0.29, 0.717) is 6.04 Å². The first-order valence-electron chi connectivity index (χ1n) is 6.78. The molecule has 2 aliphatic rings. The summed E-state index contributed by atoms with van der Waals surface area (Å²) in [6.45, 7) is 5.34. The van der Waals surface area contributed by atoms with Crippen molar-refractivity contribution in [2.75, 3.05) is 26.7 Å². The van der Waals surface area contributed by atoms with E-state index < -0.39 is 5.54 Å². The van der Waals surface area contributed by atoms with E-state index in [-0.39, 0.29) is 5.97 Å². The number of likely N-dealkylation sites (tertiary alicyclic amines) is 1. The number of piperidine rings is 1. The fraction of sp³-hybridized carbons (Fsp3) is 0.923.